The molecule has 0 saturated heterocycles. The van der Waals surface area contributed by atoms with Crippen molar-refractivity contribution in [3.05, 3.63) is 33.8 Å². The molecule has 7 heteroatoms. The Morgan fingerprint density at radius 3 is 3.00 bits per heavy atom. The van der Waals surface area contributed by atoms with Crippen LogP contribution in [0.15, 0.2) is 17.6 Å². The SMILES string of the molecule is N#Cc1cc(Nc2ncc3c(n2)CCCCC3(F)F)cs1. The second-order valence-corrected chi connectivity index (χ2v) is 5.81. The predicted octanol–water partition coefficient (Wildman–Crippen LogP) is 3.97. The highest BCUT2D eigenvalue weighted by Crippen LogP contribution is 2.38. The van der Waals surface area contributed by atoms with Gasteiger partial charge in [-0.3, -0.25) is 0 Å². The van der Waals surface area contributed by atoms with Crippen LogP contribution >= 0.6 is 11.3 Å². The van der Waals surface area contributed by atoms with Crippen LogP contribution in [0, 0.1) is 11.3 Å². The molecular weight excluding hydrogens is 294 g/mol. The van der Waals surface area contributed by atoms with Gasteiger partial charge in [-0.2, -0.15) is 5.26 Å². The summed E-state index contributed by atoms with van der Waals surface area (Å²) in [4.78, 5) is 8.77. The summed E-state index contributed by atoms with van der Waals surface area (Å²) in [5, 5.41) is 13.5. The third kappa shape index (κ3) is 2.85. The van der Waals surface area contributed by atoms with E-state index in [4.69, 9.17) is 5.26 Å². The van der Waals surface area contributed by atoms with E-state index in [0.717, 1.165) is 0 Å². The Morgan fingerprint density at radius 1 is 1.38 bits per heavy atom. The van der Waals surface area contributed by atoms with E-state index < -0.39 is 5.92 Å². The van der Waals surface area contributed by atoms with E-state index in [2.05, 4.69) is 15.3 Å². The van der Waals surface area contributed by atoms with Crippen LogP contribution in [0.2, 0.25) is 0 Å². The molecule has 21 heavy (non-hydrogen) atoms. The third-order valence-electron chi connectivity index (χ3n) is 3.38. The van der Waals surface area contributed by atoms with Crippen molar-refractivity contribution in [3.63, 3.8) is 0 Å². The fourth-order valence-electron chi connectivity index (χ4n) is 2.34. The van der Waals surface area contributed by atoms with Crippen LogP contribution in [0.4, 0.5) is 20.4 Å². The van der Waals surface area contributed by atoms with Gasteiger partial charge in [0.1, 0.15) is 10.9 Å². The zero-order valence-electron chi connectivity index (χ0n) is 11.1. The number of nitrogens with zero attached hydrogens (tertiary/aromatic N) is 3. The second kappa shape index (κ2) is 5.37. The monoisotopic (exact) mass is 306 g/mol. The summed E-state index contributed by atoms with van der Waals surface area (Å²) in [7, 11) is 0. The normalized spacial score (nSPS) is 16.6. The highest BCUT2D eigenvalue weighted by atomic mass is 32.1. The van der Waals surface area contributed by atoms with Crippen LogP contribution in [-0.4, -0.2) is 9.97 Å². The summed E-state index contributed by atoms with van der Waals surface area (Å²) < 4.78 is 27.9. The van der Waals surface area contributed by atoms with Crippen molar-refractivity contribution in [2.24, 2.45) is 0 Å². The van der Waals surface area contributed by atoms with Crippen molar-refractivity contribution in [2.45, 2.75) is 31.6 Å². The molecule has 3 rings (SSSR count). The van der Waals surface area contributed by atoms with Gasteiger partial charge in [-0.05, 0) is 25.3 Å². The number of hydrogen-bond donors (Lipinski definition) is 1. The van der Waals surface area contributed by atoms with E-state index in [1.807, 2.05) is 6.07 Å². The summed E-state index contributed by atoms with van der Waals surface area (Å²) in [6.07, 6.45) is 2.80. The van der Waals surface area contributed by atoms with Gasteiger partial charge in [0.25, 0.3) is 5.92 Å². The van der Waals surface area contributed by atoms with Crippen molar-refractivity contribution in [2.75, 3.05) is 5.32 Å². The zero-order valence-corrected chi connectivity index (χ0v) is 11.9. The molecule has 0 saturated carbocycles. The zero-order chi connectivity index (χ0) is 14.9. The first-order chi connectivity index (χ1) is 10.1. The number of fused-ring (bicyclic) bond motifs is 1. The van der Waals surface area contributed by atoms with Crippen molar-refractivity contribution in [1.82, 2.24) is 9.97 Å². The fourth-order valence-corrected chi connectivity index (χ4v) is 2.97. The largest absolute Gasteiger partial charge is 0.323 e. The maximum Gasteiger partial charge on any atom is 0.276 e. The Bertz CT molecular complexity index is 705. The molecule has 0 atom stereocenters. The van der Waals surface area contributed by atoms with Crippen molar-refractivity contribution < 1.29 is 8.78 Å². The summed E-state index contributed by atoms with van der Waals surface area (Å²) in [6.45, 7) is 0. The molecule has 4 nitrogen and oxygen atoms in total. The summed E-state index contributed by atoms with van der Waals surface area (Å²) in [5.74, 6) is -2.56. The quantitative estimate of drug-likeness (QED) is 0.853. The smallest absolute Gasteiger partial charge is 0.276 e. The molecule has 0 aliphatic heterocycles. The molecule has 0 unspecified atom stereocenters. The number of aryl methyl sites for hydroxylation is 1. The Labute approximate surface area is 124 Å². The predicted molar refractivity (Wildman–Crippen MR) is 75.8 cm³/mol. The highest BCUT2D eigenvalue weighted by Gasteiger charge is 2.36. The van der Waals surface area contributed by atoms with Crippen molar-refractivity contribution in [1.29, 1.82) is 5.26 Å². The highest BCUT2D eigenvalue weighted by molar-refractivity contribution is 7.11. The third-order valence-corrected chi connectivity index (χ3v) is 4.22. The van der Waals surface area contributed by atoms with E-state index in [-0.39, 0.29) is 17.9 Å². The molecule has 1 aliphatic carbocycles. The lowest BCUT2D eigenvalue weighted by Gasteiger charge is -2.16. The average molecular weight is 306 g/mol. The molecule has 0 spiro atoms. The van der Waals surface area contributed by atoms with Gasteiger partial charge in [-0.25, -0.2) is 18.7 Å². The van der Waals surface area contributed by atoms with Crippen LogP contribution in [0.1, 0.15) is 35.4 Å². The number of alkyl halides is 2. The minimum absolute atomic E-state index is 0.0615. The van der Waals surface area contributed by atoms with Crippen LogP contribution in [0.3, 0.4) is 0 Å². The van der Waals surface area contributed by atoms with E-state index in [1.54, 1.807) is 11.4 Å². The lowest BCUT2D eigenvalue weighted by atomic mass is 10.1. The Hall–Kier alpha value is -2.07. The van der Waals surface area contributed by atoms with E-state index >= 15 is 0 Å². The molecule has 0 radical (unpaired) electrons. The number of rotatable bonds is 2. The molecule has 1 N–H and O–H groups in total. The molecule has 0 amide bonds. The molecule has 0 bridgehead atoms. The number of hydrogen-bond acceptors (Lipinski definition) is 5. The fraction of sp³-hybridized carbons (Fsp3) is 0.357. The van der Waals surface area contributed by atoms with Crippen LogP contribution in [-0.2, 0) is 12.3 Å². The standard InChI is InChI=1S/C14H12F2N4S/c15-14(16)4-2-1-3-12-11(14)7-18-13(20-12)19-9-5-10(6-17)21-8-9/h5,7-8H,1-4H2,(H,18,19,20). The minimum atomic E-state index is -2.85. The Balaban J connectivity index is 1.89. The van der Waals surface area contributed by atoms with Gasteiger partial charge < -0.3 is 5.32 Å². The lowest BCUT2D eigenvalue weighted by Crippen LogP contribution is -2.15. The van der Waals surface area contributed by atoms with Gasteiger partial charge in [0, 0.05) is 18.0 Å². The van der Waals surface area contributed by atoms with E-state index in [1.165, 1.54) is 17.5 Å². The van der Waals surface area contributed by atoms with Crippen LogP contribution < -0.4 is 5.32 Å². The van der Waals surface area contributed by atoms with Crippen LogP contribution in [0.5, 0.6) is 0 Å². The van der Waals surface area contributed by atoms with Crippen LogP contribution in [0.25, 0.3) is 0 Å². The molecular formula is C14H12F2N4S. The first kappa shape index (κ1) is 13.9. The molecule has 2 aromatic heterocycles. The van der Waals surface area contributed by atoms with Gasteiger partial charge in [-0.1, -0.05) is 0 Å². The number of nitriles is 1. The van der Waals surface area contributed by atoms with Gasteiger partial charge >= 0.3 is 0 Å². The Morgan fingerprint density at radius 2 is 2.24 bits per heavy atom. The Kier molecular flexibility index (Phi) is 3.55. The average Bonchev–Trinajstić information content (AvgIpc) is 2.85. The number of halogens is 2. The molecule has 0 fully saturated rings. The van der Waals surface area contributed by atoms with Gasteiger partial charge in [0.15, 0.2) is 0 Å². The number of nitrogens with one attached hydrogen (secondary N) is 1. The summed E-state index contributed by atoms with van der Waals surface area (Å²) in [6, 6.07) is 3.72. The summed E-state index contributed by atoms with van der Waals surface area (Å²) >= 11 is 1.30. The number of anilines is 2. The maximum absolute atomic E-state index is 13.9. The van der Waals surface area contributed by atoms with Gasteiger partial charge in [0.05, 0.1) is 16.9 Å². The minimum Gasteiger partial charge on any atom is -0.323 e. The van der Waals surface area contributed by atoms with Gasteiger partial charge in [0.2, 0.25) is 5.95 Å². The van der Waals surface area contributed by atoms with Crippen molar-refractivity contribution in [3.8, 4) is 6.07 Å². The van der Waals surface area contributed by atoms with Crippen molar-refractivity contribution >= 4 is 23.0 Å². The first-order valence-electron chi connectivity index (χ1n) is 6.58. The molecule has 108 valence electrons. The molecule has 2 aromatic rings. The maximum atomic E-state index is 13.9. The number of aromatic nitrogens is 2. The lowest BCUT2D eigenvalue weighted by molar-refractivity contribution is -0.0142. The second-order valence-electron chi connectivity index (χ2n) is 4.90. The topological polar surface area (TPSA) is 61.6 Å². The summed E-state index contributed by atoms with van der Waals surface area (Å²) in [5.41, 5.74) is 1.04. The number of thiophene rings is 1. The van der Waals surface area contributed by atoms with E-state index in [0.29, 0.717) is 35.5 Å². The first-order valence-corrected chi connectivity index (χ1v) is 7.46. The van der Waals surface area contributed by atoms with E-state index in [9.17, 15) is 8.78 Å². The molecule has 2 heterocycles. The van der Waals surface area contributed by atoms with Gasteiger partial charge in [-0.15, -0.1) is 11.3 Å². The molecule has 0 aromatic carbocycles. The molecule has 1 aliphatic rings.